The lowest BCUT2D eigenvalue weighted by Gasteiger charge is -2.07. The summed E-state index contributed by atoms with van der Waals surface area (Å²) >= 11 is 1.43. The second-order valence-corrected chi connectivity index (χ2v) is 7.87. The van der Waals surface area contributed by atoms with Crippen LogP contribution in [0.1, 0.15) is 35.8 Å². The van der Waals surface area contributed by atoms with Crippen LogP contribution in [0.4, 0.5) is 5.69 Å². The summed E-state index contributed by atoms with van der Waals surface area (Å²) < 4.78 is 2.02. The highest BCUT2D eigenvalue weighted by molar-refractivity contribution is 7.12. The number of hydrogen-bond donors (Lipinski definition) is 2. The van der Waals surface area contributed by atoms with Crippen LogP contribution in [0.15, 0.2) is 35.7 Å². The molecular formula is C20H24N4O2S. The average molecular weight is 385 g/mol. The maximum atomic E-state index is 12.0. The fourth-order valence-corrected chi connectivity index (χ4v) is 3.56. The van der Waals surface area contributed by atoms with Crippen LogP contribution in [0.25, 0.3) is 11.0 Å². The third kappa shape index (κ3) is 4.74. The van der Waals surface area contributed by atoms with Crippen molar-refractivity contribution in [3.63, 3.8) is 0 Å². The molecule has 2 amide bonds. The fraction of sp³-hybridized carbons (Fsp3) is 0.350. The largest absolute Gasteiger partial charge is 0.351 e. The van der Waals surface area contributed by atoms with E-state index in [-0.39, 0.29) is 11.8 Å². The molecule has 1 aromatic carbocycles. The van der Waals surface area contributed by atoms with E-state index in [0.29, 0.717) is 30.2 Å². The Hall–Kier alpha value is -2.67. The molecule has 2 heterocycles. The topological polar surface area (TPSA) is 76.0 Å². The lowest BCUT2D eigenvalue weighted by Crippen LogP contribution is -2.25. The predicted molar refractivity (Wildman–Crippen MR) is 109 cm³/mol. The number of imidazole rings is 1. The molecule has 0 saturated heterocycles. The van der Waals surface area contributed by atoms with Gasteiger partial charge < -0.3 is 15.2 Å². The molecule has 0 saturated carbocycles. The molecule has 6 nitrogen and oxygen atoms in total. The molecule has 0 spiro atoms. The Balaban J connectivity index is 1.65. The van der Waals surface area contributed by atoms with E-state index in [1.54, 1.807) is 0 Å². The van der Waals surface area contributed by atoms with E-state index < -0.39 is 0 Å². The van der Waals surface area contributed by atoms with Gasteiger partial charge in [-0.1, -0.05) is 19.9 Å². The Labute approximate surface area is 162 Å². The van der Waals surface area contributed by atoms with Crippen LogP contribution in [-0.2, 0) is 18.3 Å². The first kappa shape index (κ1) is 19.1. The van der Waals surface area contributed by atoms with Crippen LogP contribution in [0.3, 0.4) is 0 Å². The van der Waals surface area contributed by atoms with Gasteiger partial charge in [-0.2, -0.15) is 0 Å². The minimum Gasteiger partial charge on any atom is -0.351 e. The highest BCUT2D eigenvalue weighted by Gasteiger charge is 2.11. The molecule has 0 fully saturated rings. The molecule has 0 aliphatic rings. The monoisotopic (exact) mass is 384 g/mol. The van der Waals surface area contributed by atoms with E-state index in [9.17, 15) is 9.59 Å². The van der Waals surface area contributed by atoms with Gasteiger partial charge in [0, 0.05) is 32.1 Å². The van der Waals surface area contributed by atoms with Crippen LogP contribution in [0.5, 0.6) is 0 Å². The van der Waals surface area contributed by atoms with Gasteiger partial charge in [-0.15, -0.1) is 11.3 Å². The maximum absolute atomic E-state index is 12.0. The molecule has 3 rings (SSSR count). The summed E-state index contributed by atoms with van der Waals surface area (Å²) in [6, 6.07) is 9.42. The number of carbonyl (C=O) groups is 2. The van der Waals surface area contributed by atoms with Crippen LogP contribution in [0, 0.1) is 5.92 Å². The van der Waals surface area contributed by atoms with Crippen molar-refractivity contribution < 1.29 is 9.59 Å². The quantitative estimate of drug-likeness (QED) is 0.654. The number of aryl methyl sites for hydroxylation is 1. The number of nitrogens with zero attached hydrogens (tertiary/aromatic N) is 2. The number of rotatable bonds is 7. The Morgan fingerprint density at radius 2 is 2.07 bits per heavy atom. The summed E-state index contributed by atoms with van der Waals surface area (Å²) in [5.74, 6) is 1.16. The summed E-state index contributed by atoms with van der Waals surface area (Å²) in [7, 11) is 1.96. The van der Waals surface area contributed by atoms with Crippen molar-refractivity contribution in [1.29, 1.82) is 0 Å². The molecular weight excluding hydrogens is 360 g/mol. The molecule has 0 atom stereocenters. The van der Waals surface area contributed by atoms with Crippen LogP contribution in [-0.4, -0.2) is 27.9 Å². The van der Waals surface area contributed by atoms with Gasteiger partial charge >= 0.3 is 0 Å². The van der Waals surface area contributed by atoms with Gasteiger partial charge in [-0.3, -0.25) is 9.59 Å². The molecule has 2 aromatic heterocycles. The second-order valence-electron chi connectivity index (χ2n) is 6.92. The highest BCUT2D eigenvalue weighted by atomic mass is 32.1. The maximum Gasteiger partial charge on any atom is 0.261 e. The Morgan fingerprint density at radius 3 is 2.78 bits per heavy atom. The number of aromatic nitrogens is 2. The van der Waals surface area contributed by atoms with E-state index in [0.717, 1.165) is 22.5 Å². The highest BCUT2D eigenvalue weighted by Crippen LogP contribution is 2.20. The number of hydrogen-bond acceptors (Lipinski definition) is 4. The lowest BCUT2D eigenvalue weighted by molar-refractivity contribution is -0.116. The Kier molecular flexibility index (Phi) is 5.91. The van der Waals surface area contributed by atoms with Gasteiger partial charge in [-0.25, -0.2) is 4.98 Å². The summed E-state index contributed by atoms with van der Waals surface area (Å²) in [5, 5.41) is 7.73. The van der Waals surface area contributed by atoms with Crippen molar-refractivity contribution in [2.75, 3.05) is 11.9 Å². The zero-order chi connectivity index (χ0) is 19.4. The van der Waals surface area contributed by atoms with Gasteiger partial charge in [0.05, 0.1) is 15.9 Å². The number of fused-ring (bicyclic) bond motifs is 1. The Morgan fingerprint density at radius 1 is 1.26 bits per heavy atom. The molecule has 0 aliphatic heterocycles. The van der Waals surface area contributed by atoms with Crippen molar-refractivity contribution >= 4 is 39.9 Å². The first-order valence-electron chi connectivity index (χ1n) is 9.01. The second kappa shape index (κ2) is 8.35. The predicted octanol–water partition coefficient (Wildman–Crippen LogP) is 3.59. The minimum absolute atomic E-state index is 0.0109. The molecule has 0 radical (unpaired) electrons. The number of amides is 2. The fourth-order valence-electron chi connectivity index (χ4n) is 2.92. The van der Waals surface area contributed by atoms with E-state index in [4.69, 9.17) is 0 Å². The zero-order valence-electron chi connectivity index (χ0n) is 15.8. The third-order valence-corrected chi connectivity index (χ3v) is 5.10. The SMILES string of the molecule is CC(C)CC(=O)Nc1ccc2c(c1)nc(CCNC(=O)c1cccs1)n2C. The van der Waals surface area contributed by atoms with Crippen molar-refractivity contribution in [3.05, 3.63) is 46.4 Å². The van der Waals surface area contributed by atoms with Gasteiger partial charge in [0.15, 0.2) is 0 Å². The minimum atomic E-state index is -0.0566. The van der Waals surface area contributed by atoms with Gasteiger partial charge in [0.1, 0.15) is 5.82 Å². The number of anilines is 1. The molecule has 0 aliphatic carbocycles. The number of nitrogens with one attached hydrogen (secondary N) is 2. The van der Waals surface area contributed by atoms with Crippen molar-refractivity contribution in [3.8, 4) is 0 Å². The van der Waals surface area contributed by atoms with E-state index in [1.165, 1.54) is 11.3 Å². The standard InChI is InChI=1S/C20H24N4O2S/c1-13(2)11-19(25)22-14-6-7-16-15(12-14)23-18(24(16)3)8-9-21-20(26)17-5-4-10-27-17/h4-7,10,12-13H,8-9,11H2,1-3H3,(H,21,26)(H,22,25). The first-order valence-corrected chi connectivity index (χ1v) is 9.89. The number of thiophene rings is 1. The number of benzene rings is 1. The van der Waals surface area contributed by atoms with E-state index in [1.807, 2.05) is 61.2 Å². The summed E-state index contributed by atoms with van der Waals surface area (Å²) in [4.78, 5) is 29.3. The van der Waals surface area contributed by atoms with Gasteiger partial charge in [0.25, 0.3) is 5.91 Å². The number of carbonyl (C=O) groups excluding carboxylic acids is 2. The summed E-state index contributed by atoms with van der Waals surface area (Å²) in [6.45, 7) is 4.56. The first-order chi connectivity index (χ1) is 12.9. The Bertz CT molecular complexity index is 944. The molecule has 0 bridgehead atoms. The van der Waals surface area contributed by atoms with Crippen molar-refractivity contribution in [2.24, 2.45) is 13.0 Å². The van der Waals surface area contributed by atoms with Crippen molar-refractivity contribution in [1.82, 2.24) is 14.9 Å². The van der Waals surface area contributed by atoms with Gasteiger partial charge in [-0.05, 0) is 35.6 Å². The third-order valence-electron chi connectivity index (χ3n) is 4.23. The average Bonchev–Trinajstić information content (AvgIpc) is 3.23. The van der Waals surface area contributed by atoms with E-state index in [2.05, 4.69) is 15.6 Å². The zero-order valence-corrected chi connectivity index (χ0v) is 16.6. The molecule has 2 N–H and O–H groups in total. The molecule has 7 heteroatoms. The van der Waals surface area contributed by atoms with Crippen LogP contribution >= 0.6 is 11.3 Å². The molecule has 142 valence electrons. The lowest BCUT2D eigenvalue weighted by atomic mass is 10.1. The van der Waals surface area contributed by atoms with Crippen LogP contribution in [0.2, 0.25) is 0 Å². The smallest absolute Gasteiger partial charge is 0.261 e. The molecule has 27 heavy (non-hydrogen) atoms. The molecule has 3 aromatic rings. The van der Waals surface area contributed by atoms with Crippen molar-refractivity contribution in [2.45, 2.75) is 26.7 Å². The van der Waals surface area contributed by atoms with Gasteiger partial charge in [0.2, 0.25) is 5.91 Å². The van der Waals surface area contributed by atoms with Crippen LogP contribution < -0.4 is 10.6 Å². The van der Waals surface area contributed by atoms with E-state index >= 15 is 0 Å². The normalized spacial score (nSPS) is 11.1. The summed E-state index contributed by atoms with van der Waals surface area (Å²) in [6.07, 6.45) is 1.13. The molecule has 0 unspecified atom stereocenters. The summed E-state index contributed by atoms with van der Waals surface area (Å²) in [5.41, 5.74) is 2.58.